The Labute approximate surface area is 106 Å². The van der Waals surface area contributed by atoms with Gasteiger partial charge in [0.25, 0.3) is 0 Å². The molecule has 0 unspecified atom stereocenters. The van der Waals surface area contributed by atoms with E-state index in [0.717, 1.165) is 26.2 Å². The summed E-state index contributed by atoms with van der Waals surface area (Å²) in [6, 6.07) is 4.55. The third kappa shape index (κ3) is 3.71. The molecule has 17 heavy (non-hydrogen) atoms. The van der Waals surface area contributed by atoms with Crippen molar-refractivity contribution in [2.24, 2.45) is 0 Å². The molecule has 2 nitrogen and oxygen atoms in total. The fourth-order valence-electron chi connectivity index (χ4n) is 1.71. The largest absolute Gasteiger partial charge is 0.314 e. The molecular formula is C13H14ClFN2. The van der Waals surface area contributed by atoms with Crippen LogP contribution in [0.4, 0.5) is 4.39 Å². The molecule has 0 saturated carbocycles. The lowest BCUT2D eigenvalue weighted by Gasteiger charge is -2.24. The summed E-state index contributed by atoms with van der Waals surface area (Å²) in [5, 5.41) is 3.67. The van der Waals surface area contributed by atoms with Crippen LogP contribution in [0.5, 0.6) is 0 Å². The van der Waals surface area contributed by atoms with E-state index in [-0.39, 0.29) is 5.82 Å². The van der Waals surface area contributed by atoms with Crippen LogP contribution in [0.3, 0.4) is 0 Å². The maximum atomic E-state index is 13.4. The normalized spacial score (nSPS) is 16.4. The minimum atomic E-state index is -0.356. The lowest BCUT2D eigenvalue weighted by Crippen LogP contribution is -2.43. The van der Waals surface area contributed by atoms with Crippen LogP contribution >= 0.6 is 11.6 Å². The van der Waals surface area contributed by atoms with Gasteiger partial charge in [-0.2, -0.15) is 0 Å². The van der Waals surface area contributed by atoms with E-state index in [2.05, 4.69) is 22.1 Å². The molecule has 0 aliphatic carbocycles. The summed E-state index contributed by atoms with van der Waals surface area (Å²) in [6.45, 7) is 4.67. The van der Waals surface area contributed by atoms with Crippen LogP contribution in [-0.2, 0) is 0 Å². The monoisotopic (exact) mass is 252 g/mol. The van der Waals surface area contributed by atoms with Crippen molar-refractivity contribution in [1.82, 2.24) is 10.2 Å². The zero-order valence-electron chi connectivity index (χ0n) is 9.47. The summed E-state index contributed by atoms with van der Waals surface area (Å²) >= 11 is 5.67. The molecule has 0 spiro atoms. The number of hydrogen-bond donors (Lipinski definition) is 1. The van der Waals surface area contributed by atoms with E-state index in [0.29, 0.717) is 17.1 Å². The van der Waals surface area contributed by atoms with Crippen LogP contribution in [0.15, 0.2) is 18.2 Å². The molecule has 1 aliphatic heterocycles. The third-order valence-corrected chi connectivity index (χ3v) is 2.90. The minimum absolute atomic E-state index is 0.356. The third-order valence-electron chi connectivity index (χ3n) is 2.67. The second-order valence-corrected chi connectivity index (χ2v) is 4.39. The van der Waals surface area contributed by atoms with E-state index in [1.165, 1.54) is 6.07 Å². The fraction of sp³-hybridized carbons (Fsp3) is 0.385. The topological polar surface area (TPSA) is 15.3 Å². The van der Waals surface area contributed by atoms with Gasteiger partial charge in [0.2, 0.25) is 0 Å². The Morgan fingerprint density at radius 3 is 2.82 bits per heavy atom. The summed E-state index contributed by atoms with van der Waals surface area (Å²) in [5.74, 6) is 5.48. The van der Waals surface area contributed by atoms with Gasteiger partial charge in [-0.25, -0.2) is 4.39 Å². The Hall–Kier alpha value is -1.08. The predicted molar refractivity (Wildman–Crippen MR) is 67.6 cm³/mol. The molecule has 1 saturated heterocycles. The second-order valence-electron chi connectivity index (χ2n) is 3.95. The smallest absolute Gasteiger partial charge is 0.140 e. The van der Waals surface area contributed by atoms with E-state index >= 15 is 0 Å². The van der Waals surface area contributed by atoms with Crippen LogP contribution in [0.25, 0.3) is 0 Å². The Kier molecular flexibility index (Phi) is 4.38. The first-order valence-corrected chi connectivity index (χ1v) is 6.00. The highest BCUT2D eigenvalue weighted by Gasteiger charge is 2.06. The van der Waals surface area contributed by atoms with Crippen LogP contribution in [0.1, 0.15) is 5.56 Å². The van der Waals surface area contributed by atoms with Gasteiger partial charge >= 0.3 is 0 Å². The number of rotatable bonds is 1. The molecule has 1 aromatic rings. The van der Waals surface area contributed by atoms with Crippen molar-refractivity contribution in [1.29, 1.82) is 0 Å². The number of nitrogens with one attached hydrogen (secondary N) is 1. The lowest BCUT2D eigenvalue weighted by molar-refractivity contribution is 0.268. The first-order valence-electron chi connectivity index (χ1n) is 5.63. The summed E-state index contributed by atoms with van der Waals surface area (Å²) in [5.41, 5.74) is 0.407. The Bertz CT molecular complexity index is 444. The number of halogens is 2. The van der Waals surface area contributed by atoms with Gasteiger partial charge in [-0.05, 0) is 18.2 Å². The van der Waals surface area contributed by atoms with Crippen LogP contribution in [0, 0.1) is 17.7 Å². The van der Waals surface area contributed by atoms with Crippen molar-refractivity contribution < 1.29 is 4.39 Å². The van der Waals surface area contributed by atoms with Crippen molar-refractivity contribution >= 4 is 11.6 Å². The SMILES string of the molecule is Fc1cc(Cl)ccc1C#CCN1CCNCC1. The molecule has 0 atom stereocenters. The highest BCUT2D eigenvalue weighted by molar-refractivity contribution is 6.30. The number of nitrogens with zero attached hydrogens (tertiary/aromatic N) is 1. The molecule has 1 N–H and O–H groups in total. The van der Waals surface area contributed by atoms with Crippen LogP contribution < -0.4 is 5.32 Å². The highest BCUT2D eigenvalue weighted by atomic mass is 35.5. The average Bonchev–Trinajstić information content (AvgIpc) is 2.33. The summed E-state index contributed by atoms with van der Waals surface area (Å²) < 4.78 is 13.4. The number of benzene rings is 1. The first-order chi connectivity index (χ1) is 8.25. The summed E-state index contributed by atoms with van der Waals surface area (Å²) in [7, 11) is 0. The molecule has 0 amide bonds. The Balaban J connectivity index is 1.95. The van der Waals surface area contributed by atoms with Crippen molar-refractivity contribution in [2.45, 2.75) is 0 Å². The van der Waals surface area contributed by atoms with E-state index in [1.807, 2.05) is 0 Å². The first kappa shape index (κ1) is 12.4. The number of hydrogen-bond acceptors (Lipinski definition) is 2. The molecule has 1 fully saturated rings. The maximum absolute atomic E-state index is 13.4. The second kappa shape index (κ2) is 6.02. The zero-order chi connectivity index (χ0) is 12.1. The molecule has 1 heterocycles. The van der Waals surface area contributed by atoms with Gasteiger partial charge in [0.1, 0.15) is 5.82 Å². The van der Waals surface area contributed by atoms with Gasteiger partial charge in [-0.15, -0.1) is 0 Å². The average molecular weight is 253 g/mol. The van der Waals surface area contributed by atoms with Gasteiger partial charge in [0.15, 0.2) is 0 Å². The lowest BCUT2D eigenvalue weighted by atomic mass is 10.2. The van der Waals surface area contributed by atoms with E-state index in [1.54, 1.807) is 12.1 Å². The summed E-state index contributed by atoms with van der Waals surface area (Å²) in [6.07, 6.45) is 0. The van der Waals surface area contributed by atoms with Crippen molar-refractivity contribution in [2.75, 3.05) is 32.7 Å². The molecule has 4 heteroatoms. The molecular weight excluding hydrogens is 239 g/mol. The molecule has 0 radical (unpaired) electrons. The van der Waals surface area contributed by atoms with Gasteiger partial charge in [-0.3, -0.25) is 4.90 Å². The number of piperazine rings is 1. The molecule has 0 bridgehead atoms. The molecule has 2 rings (SSSR count). The minimum Gasteiger partial charge on any atom is -0.314 e. The fourth-order valence-corrected chi connectivity index (χ4v) is 1.87. The maximum Gasteiger partial charge on any atom is 0.140 e. The molecule has 1 aliphatic rings. The van der Waals surface area contributed by atoms with Gasteiger partial charge < -0.3 is 5.32 Å². The van der Waals surface area contributed by atoms with Gasteiger partial charge in [0, 0.05) is 31.2 Å². The standard InChI is InChI=1S/C13H14ClFN2/c14-12-4-3-11(13(15)10-12)2-1-7-17-8-5-16-6-9-17/h3-4,10,16H,5-9H2. The van der Waals surface area contributed by atoms with E-state index in [9.17, 15) is 4.39 Å². The quantitative estimate of drug-likeness (QED) is 0.766. The van der Waals surface area contributed by atoms with Crippen molar-refractivity contribution in [3.8, 4) is 11.8 Å². The Morgan fingerprint density at radius 1 is 1.35 bits per heavy atom. The van der Waals surface area contributed by atoms with Crippen LogP contribution in [0.2, 0.25) is 5.02 Å². The van der Waals surface area contributed by atoms with E-state index < -0.39 is 0 Å². The molecule has 0 aromatic heterocycles. The summed E-state index contributed by atoms with van der Waals surface area (Å²) in [4.78, 5) is 2.25. The van der Waals surface area contributed by atoms with Gasteiger partial charge in [-0.1, -0.05) is 23.4 Å². The Morgan fingerprint density at radius 2 is 2.12 bits per heavy atom. The van der Waals surface area contributed by atoms with Crippen molar-refractivity contribution in [3.05, 3.63) is 34.6 Å². The molecule has 1 aromatic carbocycles. The molecule has 90 valence electrons. The van der Waals surface area contributed by atoms with Gasteiger partial charge in [0.05, 0.1) is 12.1 Å². The van der Waals surface area contributed by atoms with Crippen molar-refractivity contribution in [3.63, 3.8) is 0 Å². The van der Waals surface area contributed by atoms with Crippen LogP contribution in [-0.4, -0.2) is 37.6 Å². The predicted octanol–water partition coefficient (Wildman–Crippen LogP) is 1.74. The highest BCUT2D eigenvalue weighted by Crippen LogP contribution is 2.13. The zero-order valence-corrected chi connectivity index (χ0v) is 10.2. The van der Waals surface area contributed by atoms with E-state index in [4.69, 9.17) is 11.6 Å².